The second kappa shape index (κ2) is 10.4. The Bertz CT molecular complexity index is 426. The Balaban J connectivity index is 0.00000242. The number of hydrogen-bond donors (Lipinski definition) is 1. The zero-order valence-corrected chi connectivity index (χ0v) is 16.4. The summed E-state index contributed by atoms with van der Waals surface area (Å²) in [5.74, 6) is 0.960. The van der Waals surface area contributed by atoms with Crippen molar-refractivity contribution >= 4 is 24.8 Å². The molecule has 1 aromatic rings. The number of benzene rings is 1. The number of halogens is 2. The Labute approximate surface area is 154 Å². The van der Waals surface area contributed by atoms with Crippen LogP contribution in [0.2, 0.25) is 0 Å². The van der Waals surface area contributed by atoms with Gasteiger partial charge in [0.25, 0.3) is 0 Å². The summed E-state index contributed by atoms with van der Waals surface area (Å²) in [4.78, 5) is 2.61. The van der Waals surface area contributed by atoms with Crippen molar-refractivity contribution in [1.29, 1.82) is 0 Å². The Morgan fingerprint density at radius 3 is 2.13 bits per heavy atom. The minimum atomic E-state index is -0.136. The predicted octanol–water partition coefficient (Wildman–Crippen LogP) is 4.45. The maximum absolute atomic E-state index is 5.92. The molecule has 0 radical (unpaired) electrons. The molecule has 1 heterocycles. The molecule has 0 aliphatic carbocycles. The number of nitrogens with one attached hydrogen (secondary N) is 1. The summed E-state index contributed by atoms with van der Waals surface area (Å²) in [6.07, 6.45) is 2.44. The van der Waals surface area contributed by atoms with E-state index < -0.39 is 0 Å². The molecule has 0 bridgehead atoms. The van der Waals surface area contributed by atoms with E-state index in [1.165, 1.54) is 18.4 Å². The van der Waals surface area contributed by atoms with Crippen LogP contribution in [0.5, 0.6) is 5.75 Å². The van der Waals surface area contributed by atoms with E-state index in [2.05, 4.69) is 62.2 Å². The molecule has 0 saturated carbocycles. The van der Waals surface area contributed by atoms with Gasteiger partial charge >= 0.3 is 0 Å². The molecule has 1 atom stereocenters. The van der Waals surface area contributed by atoms with Crippen molar-refractivity contribution in [2.75, 3.05) is 26.2 Å². The highest BCUT2D eigenvalue weighted by molar-refractivity contribution is 5.85. The van der Waals surface area contributed by atoms with Gasteiger partial charge in [-0.25, -0.2) is 0 Å². The first-order valence-electron chi connectivity index (χ1n) is 8.23. The Morgan fingerprint density at radius 1 is 1.09 bits per heavy atom. The summed E-state index contributed by atoms with van der Waals surface area (Å²) >= 11 is 0. The summed E-state index contributed by atoms with van der Waals surface area (Å²) in [6.45, 7) is 13.0. The van der Waals surface area contributed by atoms with Gasteiger partial charge in [-0.05, 0) is 44.9 Å². The molecule has 3 nitrogen and oxygen atoms in total. The molecule has 0 amide bonds. The third-order valence-corrected chi connectivity index (χ3v) is 3.84. The van der Waals surface area contributed by atoms with Crippen LogP contribution in [0, 0.1) is 0 Å². The molecule has 0 spiro atoms. The lowest BCUT2D eigenvalue weighted by Gasteiger charge is -2.35. The first-order valence-corrected chi connectivity index (χ1v) is 8.23. The van der Waals surface area contributed by atoms with Crippen molar-refractivity contribution < 1.29 is 4.74 Å². The fourth-order valence-electron chi connectivity index (χ4n) is 2.94. The van der Waals surface area contributed by atoms with Gasteiger partial charge in [0.2, 0.25) is 0 Å². The Hall–Kier alpha value is -0.480. The van der Waals surface area contributed by atoms with Gasteiger partial charge in [0, 0.05) is 32.2 Å². The maximum atomic E-state index is 5.92. The van der Waals surface area contributed by atoms with Crippen molar-refractivity contribution in [3.8, 4) is 5.75 Å². The Morgan fingerprint density at radius 2 is 1.65 bits per heavy atom. The van der Waals surface area contributed by atoms with Crippen LogP contribution in [0.3, 0.4) is 0 Å². The van der Waals surface area contributed by atoms with E-state index in [9.17, 15) is 0 Å². The van der Waals surface area contributed by atoms with E-state index in [-0.39, 0.29) is 30.4 Å². The summed E-state index contributed by atoms with van der Waals surface area (Å²) in [5, 5.41) is 3.44. The van der Waals surface area contributed by atoms with Crippen LogP contribution in [-0.2, 0) is 0 Å². The lowest BCUT2D eigenvalue weighted by atomic mass is 9.99. The van der Waals surface area contributed by atoms with Crippen molar-refractivity contribution in [3.63, 3.8) is 0 Å². The van der Waals surface area contributed by atoms with Crippen LogP contribution in [0.1, 0.15) is 52.1 Å². The third-order valence-electron chi connectivity index (χ3n) is 3.84. The molecule has 2 rings (SSSR count). The highest BCUT2D eigenvalue weighted by atomic mass is 35.5. The monoisotopic (exact) mass is 362 g/mol. The van der Waals surface area contributed by atoms with Gasteiger partial charge in [0.15, 0.2) is 0 Å². The minimum absolute atomic E-state index is 0. The fourth-order valence-corrected chi connectivity index (χ4v) is 2.94. The van der Waals surface area contributed by atoms with Crippen LogP contribution < -0.4 is 10.1 Å². The summed E-state index contributed by atoms with van der Waals surface area (Å²) in [7, 11) is 0. The second-order valence-electron chi connectivity index (χ2n) is 6.87. The van der Waals surface area contributed by atoms with Crippen molar-refractivity contribution in [2.45, 2.75) is 52.2 Å². The Kier molecular flexibility index (Phi) is 10.2. The number of hydrogen-bond acceptors (Lipinski definition) is 3. The van der Waals surface area contributed by atoms with Gasteiger partial charge in [-0.2, -0.15) is 0 Å². The molecule has 0 unspecified atom stereocenters. The van der Waals surface area contributed by atoms with Crippen LogP contribution >= 0.6 is 24.8 Å². The lowest BCUT2D eigenvalue weighted by Crippen LogP contribution is -2.45. The molecule has 1 saturated heterocycles. The summed E-state index contributed by atoms with van der Waals surface area (Å²) in [5.41, 5.74) is 1.28. The molecule has 23 heavy (non-hydrogen) atoms. The summed E-state index contributed by atoms with van der Waals surface area (Å²) < 4.78 is 5.92. The number of rotatable bonds is 5. The van der Waals surface area contributed by atoms with Crippen molar-refractivity contribution in [2.24, 2.45) is 0 Å². The summed E-state index contributed by atoms with van der Waals surface area (Å²) in [6, 6.07) is 9.25. The molecule has 1 fully saturated rings. The van der Waals surface area contributed by atoms with Gasteiger partial charge in [-0.15, -0.1) is 24.8 Å². The predicted molar refractivity (Wildman–Crippen MR) is 103 cm³/mol. The molecule has 5 heteroatoms. The average molecular weight is 363 g/mol. The molecule has 1 aliphatic heterocycles. The van der Waals surface area contributed by atoms with Crippen LogP contribution in [0.4, 0.5) is 0 Å². The van der Waals surface area contributed by atoms with Gasteiger partial charge in [0.1, 0.15) is 11.4 Å². The molecule has 1 N–H and O–H groups in total. The average Bonchev–Trinajstić information content (AvgIpc) is 2.45. The fraction of sp³-hybridized carbons (Fsp3) is 0.667. The van der Waals surface area contributed by atoms with E-state index in [4.69, 9.17) is 4.74 Å². The van der Waals surface area contributed by atoms with Gasteiger partial charge in [-0.1, -0.05) is 25.5 Å². The van der Waals surface area contributed by atoms with Crippen molar-refractivity contribution in [3.05, 3.63) is 29.8 Å². The second-order valence-corrected chi connectivity index (χ2v) is 6.87. The zero-order valence-electron chi connectivity index (χ0n) is 14.8. The van der Waals surface area contributed by atoms with E-state index in [1.54, 1.807) is 0 Å². The molecular weight excluding hydrogens is 331 g/mol. The first-order chi connectivity index (χ1) is 9.99. The van der Waals surface area contributed by atoms with Crippen LogP contribution in [-0.4, -0.2) is 36.7 Å². The highest BCUT2D eigenvalue weighted by Crippen LogP contribution is 2.28. The van der Waals surface area contributed by atoms with E-state index >= 15 is 0 Å². The number of ether oxygens (including phenoxy) is 1. The normalized spacial score (nSPS) is 16.9. The third kappa shape index (κ3) is 7.30. The van der Waals surface area contributed by atoms with E-state index in [1.807, 2.05) is 0 Å². The van der Waals surface area contributed by atoms with E-state index in [0.29, 0.717) is 6.04 Å². The number of nitrogens with zero attached hydrogens (tertiary/aromatic N) is 1. The largest absolute Gasteiger partial charge is 0.488 e. The van der Waals surface area contributed by atoms with Gasteiger partial charge < -0.3 is 10.1 Å². The van der Waals surface area contributed by atoms with Gasteiger partial charge in [-0.3, -0.25) is 4.90 Å². The molecule has 0 aromatic heterocycles. The smallest absolute Gasteiger partial charge is 0.120 e. The highest BCUT2D eigenvalue weighted by Gasteiger charge is 2.21. The SMILES string of the molecule is CCC[C@@H](c1ccc(OC(C)(C)C)cc1)N1CCNCC1.Cl.Cl. The lowest BCUT2D eigenvalue weighted by molar-refractivity contribution is 0.130. The van der Waals surface area contributed by atoms with Crippen LogP contribution in [0.15, 0.2) is 24.3 Å². The molecule has 134 valence electrons. The molecule has 1 aromatic carbocycles. The maximum Gasteiger partial charge on any atom is 0.120 e. The first kappa shape index (κ1) is 22.5. The van der Waals surface area contributed by atoms with Crippen LogP contribution in [0.25, 0.3) is 0 Å². The zero-order chi connectivity index (χ0) is 15.3. The quantitative estimate of drug-likeness (QED) is 0.836. The minimum Gasteiger partial charge on any atom is -0.488 e. The topological polar surface area (TPSA) is 24.5 Å². The number of piperazine rings is 1. The molecular formula is C18H32Cl2N2O. The van der Waals surface area contributed by atoms with Crippen molar-refractivity contribution in [1.82, 2.24) is 10.2 Å². The van der Waals surface area contributed by atoms with Gasteiger partial charge in [0.05, 0.1) is 0 Å². The van der Waals surface area contributed by atoms with E-state index in [0.717, 1.165) is 31.9 Å². The standard InChI is InChI=1S/C18H30N2O.2ClH/c1-5-6-17(20-13-11-19-12-14-20)15-7-9-16(10-8-15)21-18(2,3)4;;/h7-10,17,19H,5-6,11-14H2,1-4H3;2*1H/t17-;;/m0../s1. The molecule has 1 aliphatic rings.